The molecule has 1 fully saturated rings. The van der Waals surface area contributed by atoms with Crippen LogP contribution in [0.3, 0.4) is 0 Å². The highest BCUT2D eigenvalue weighted by molar-refractivity contribution is 5.97. The van der Waals surface area contributed by atoms with Crippen molar-refractivity contribution in [2.75, 3.05) is 22.1 Å². The van der Waals surface area contributed by atoms with Gasteiger partial charge in [-0.3, -0.25) is 39.2 Å². The van der Waals surface area contributed by atoms with E-state index in [9.17, 15) is 24.0 Å². The van der Waals surface area contributed by atoms with Gasteiger partial charge in [0.1, 0.15) is 6.04 Å². The van der Waals surface area contributed by atoms with Gasteiger partial charge in [0, 0.05) is 27.7 Å². The van der Waals surface area contributed by atoms with Gasteiger partial charge in [0.25, 0.3) is 5.56 Å². The molecule has 1 aromatic rings. The summed E-state index contributed by atoms with van der Waals surface area (Å²) in [4.78, 5) is 67.3. The van der Waals surface area contributed by atoms with Crippen LogP contribution in [0.25, 0.3) is 0 Å². The van der Waals surface area contributed by atoms with Gasteiger partial charge >= 0.3 is 11.9 Å². The molecule has 2 amide bonds. The van der Waals surface area contributed by atoms with Crippen molar-refractivity contribution < 1.29 is 33.4 Å². The van der Waals surface area contributed by atoms with E-state index >= 15 is 0 Å². The van der Waals surface area contributed by atoms with E-state index in [1.807, 2.05) is 0 Å². The van der Waals surface area contributed by atoms with Crippen molar-refractivity contribution in [3.05, 3.63) is 10.4 Å². The zero-order chi connectivity index (χ0) is 22.2. The third-order valence-corrected chi connectivity index (χ3v) is 4.42. The largest absolute Gasteiger partial charge is 0.456 e. The minimum Gasteiger partial charge on any atom is -0.456 e. The second-order valence-electron chi connectivity index (χ2n) is 6.79. The van der Waals surface area contributed by atoms with E-state index in [1.165, 1.54) is 27.7 Å². The molecule has 162 valence electrons. The highest BCUT2D eigenvalue weighted by atomic mass is 16.6. The number of nitrogens with one attached hydrogen (secondary N) is 3. The number of hydrogen-bond acceptors (Lipinski definition) is 10. The molecule has 1 saturated heterocycles. The zero-order valence-electron chi connectivity index (χ0n) is 16.7. The fourth-order valence-electron chi connectivity index (χ4n) is 3.51. The van der Waals surface area contributed by atoms with Gasteiger partial charge in [-0.05, 0) is 0 Å². The summed E-state index contributed by atoms with van der Waals surface area (Å²) in [6.07, 6.45) is -3.04. The lowest BCUT2D eigenvalue weighted by Crippen LogP contribution is -2.68. The second-order valence-corrected chi connectivity index (χ2v) is 6.79. The van der Waals surface area contributed by atoms with Crippen LogP contribution < -0.4 is 21.1 Å². The van der Waals surface area contributed by atoms with Gasteiger partial charge in [0.05, 0.1) is 6.61 Å². The minimum atomic E-state index is -1.11. The number of amides is 2. The maximum Gasteiger partial charge on any atom is 0.303 e. The summed E-state index contributed by atoms with van der Waals surface area (Å²) in [6.45, 7) is 4.69. The maximum atomic E-state index is 12.7. The molecule has 0 radical (unpaired) electrons. The molecule has 13 nitrogen and oxygen atoms in total. The van der Waals surface area contributed by atoms with Crippen LogP contribution in [0.5, 0.6) is 0 Å². The topological polar surface area (TPSA) is 169 Å². The Kier molecular flexibility index (Phi) is 5.73. The molecule has 3 heterocycles. The van der Waals surface area contributed by atoms with Crippen molar-refractivity contribution in [3.8, 4) is 0 Å². The molecule has 0 bridgehead atoms. The van der Waals surface area contributed by atoms with Gasteiger partial charge in [-0.25, -0.2) is 0 Å². The van der Waals surface area contributed by atoms with Crippen LogP contribution in [-0.2, 0) is 33.4 Å². The number of rotatable bonds is 3. The van der Waals surface area contributed by atoms with Gasteiger partial charge in [-0.15, -0.1) is 0 Å². The van der Waals surface area contributed by atoms with Crippen LogP contribution >= 0.6 is 0 Å². The molecule has 30 heavy (non-hydrogen) atoms. The third kappa shape index (κ3) is 4.10. The van der Waals surface area contributed by atoms with Crippen LogP contribution in [0.1, 0.15) is 27.7 Å². The standard InChI is InChI=1S/C17H21N5O8/c1-6(23)18-17-20-14-12(15(27)21-17)22(7(2)24)11-13(30-9(4)26)10(29-8(3)25)5-28-16(11)19-14/h10-11,13,16H,5H2,1-4H3,(H3,18,19,20,21,23,27)/t10-,11-,13-,16+/m0/s1. The molecule has 1 aromatic heterocycles. The van der Waals surface area contributed by atoms with Crippen LogP contribution in [0.4, 0.5) is 17.5 Å². The van der Waals surface area contributed by atoms with Gasteiger partial charge in [-0.1, -0.05) is 0 Å². The Bertz CT molecular complexity index is 960. The van der Waals surface area contributed by atoms with E-state index in [0.29, 0.717) is 0 Å². The first-order valence-corrected chi connectivity index (χ1v) is 9.02. The Morgan fingerprint density at radius 3 is 2.37 bits per heavy atom. The van der Waals surface area contributed by atoms with Crippen molar-refractivity contribution >= 4 is 41.2 Å². The Morgan fingerprint density at radius 2 is 1.80 bits per heavy atom. The van der Waals surface area contributed by atoms with Crippen molar-refractivity contribution in [1.29, 1.82) is 0 Å². The number of aromatic nitrogens is 2. The number of ether oxygens (including phenoxy) is 3. The predicted molar refractivity (Wildman–Crippen MR) is 101 cm³/mol. The van der Waals surface area contributed by atoms with Gasteiger partial charge in [0.2, 0.25) is 17.8 Å². The number of esters is 2. The normalized spacial score (nSPS) is 24.6. The van der Waals surface area contributed by atoms with Gasteiger partial charge in [-0.2, -0.15) is 4.98 Å². The number of nitrogens with zero attached hydrogens (tertiary/aromatic N) is 2. The van der Waals surface area contributed by atoms with E-state index < -0.39 is 53.8 Å². The molecule has 0 spiro atoms. The Morgan fingerprint density at radius 1 is 1.13 bits per heavy atom. The summed E-state index contributed by atoms with van der Waals surface area (Å²) in [5.41, 5.74) is -0.872. The number of anilines is 3. The number of fused-ring (bicyclic) bond motifs is 2. The molecule has 0 unspecified atom stereocenters. The first kappa shape index (κ1) is 21.2. The number of hydrogen-bond donors (Lipinski definition) is 3. The molecule has 13 heteroatoms. The van der Waals surface area contributed by atoms with E-state index in [4.69, 9.17) is 14.2 Å². The van der Waals surface area contributed by atoms with E-state index in [1.54, 1.807) is 0 Å². The number of carbonyl (C=O) groups is 4. The van der Waals surface area contributed by atoms with Crippen LogP contribution in [0, 0.1) is 0 Å². The van der Waals surface area contributed by atoms with Crippen molar-refractivity contribution in [2.45, 2.75) is 52.2 Å². The fraction of sp³-hybridized carbons (Fsp3) is 0.529. The quantitative estimate of drug-likeness (QED) is 0.518. The third-order valence-electron chi connectivity index (χ3n) is 4.42. The molecule has 4 atom stereocenters. The molecular formula is C17H21N5O8. The average molecular weight is 423 g/mol. The Hall–Kier alpha value is -3.48. The SMILES string of the molecule is CC(=O)Nc1nc2c(c(=O)[nH]1)N(C(C)=O)[C@H]1[C@@H](OC(C)=O)[C@@H](OC(C)=O)CO[C@H]1N2. The summed E-state index contributed by atoms with van der Waals surface area (Å²) in [6, 6.07) is -1.02. The van der Waals surface area contributed by atoms with Crippen molar-refractivity contribution in [1.82, 2.24) is 9.97 Å². The average Bonchev–Trinajstić information content (AvgIpc) is 2.60. The molecule has 0 aliphatic carbocycles. The maximum absolute atomic E-state index is 12.7. The number of carbonyl (C=O) groups excluding carboxylic acids is 4. The lowest BCUT2D eigenvalue weighted by molar-refractivity contribution is -0.190. The number of aromatic amines is 1. The predicted octanol–water partition coefficient (Wildman–Crippen LogP) is -0.905. The summed E-state index contributed by atoms with van der Waals surface area (Å²) < 4.78 is 16.3. The first-order valence-electron chi connectivity index (χ1n) is 9.02. The molecule has 0 saturated carbocycles. The van der Waals surface area contributed by atoms with E-state index in [-0.39, 0.29) is 24.1 Å². The number of H-pyrrole nitrogens is 1. The fourth-order valence-corrected chi connectivity index (χ4v) is 3.51. The molecule has 3 rings (SSSR count). The van der Waals surface area contributed by atoms with Crippen LogP contribution in [-0.4, -0.2) is 64.8 Å². The zero-order valence-corrected chi connectivity index (χ0v) is 16.7. The lowest BCUT2D eigenvalue weighted by atomic mass is 9.96. The van der Waals surface area contributed by atoms with E-state index in [0.717, 1.165) is 4.90 Å². The first-order chi connectivity index (χ1) is 14.1. The minimum absolute atomic E-state index is 0.00791. The summed E-state index contributed by atoms with van der Waals surface area (Å²) in [7, 11) is 0. The van der Waals surface area contributed by atoms with Crippen molar-refractivity contribution in [2.24, 2.45) is 0 Å². The van der Waals surface area contributed by atoms with Crippen LogP contribution in [0.2, 0.25) is 0 Å². The molecule has 2 aliphatic rings. The Labute approximate surface area is 170 Å². The summed E-state index contributed by atoms with van der Waals surface area (Å²) in [5.74, 6) is -2.44. The highest BCUT2D eigenvalue weighted by Crippen LogP contribution is 2.36. The van der Waals surface area contributed by atoms with Crippen LogP contribution in [0.15, 0.2) is 4.79 Å². The Balaban J connectivity index is 2.10. The van der Waals surface area contributed by atoms with Crippen molar-refractivity contribution in [3.63, 3.8) is 0 Å². The summed E-state index contributed by atoms with van der Waals surface area (Å²) in [5, 5.41) is 5.24. The van der Waals surface area contributed by atoms with Gasteiger partial charge < -0.3 is 19.5 Å². The molecule has 2 aliphatic heterocycles. The molecular weight excluding hydrogens is 402 g/mol. The lowest BCUT2D eigenvalue weighted by Gasteiger charge is -2.48. The molecule has 0 aromatic carbocycles. The smallest absolute Gasteiger partial charge is 0.303 e. The van der Waals surface area contributed by atoms with E-state index in [2.05, 4.69) is 20.6 Å². The summed E-state index contributed by atoms with van der Waals surface area (Å²) >= 11 is 0. The molecule has 3 N–H and O–H groups in total. The monoisotopic (exact) mass is 423 g/mol. The second kappa shape index (κ2) is 8.10. The highest BCUT2D eigenvalue weighted by Gasteiger charge is 2.52. The van der Waals surface area contributed by atoms with Gasteiger partial charge in [0.15, 0.2) is 29.9 Å².